The van der Waals surface area contributed by atoms with Crippen LogP contribution in [0.25, 0.3) is 0 Å². The molecular formula is C12H17N3O. The van der Waals surface area contributed by atoms with E-state index in [9.17, 15) is 4.79 Å². The van der Waals surface area contributed by atoms with Crippen molar-refractivity contribution in [3.8, 4) is 0 Å². The minimum atomic E-state index is 0.0177. The molecule has 0 radical (unpaired) electrons. The maximum Gasteiger partial charge on any atom is 0.224 e. The van der Waals surface area contributed by atoms with Gasteiger partial charge in [0.1, 0.15) is 0 Å². The number of nitrogens with two attached hydrogens (primary N) is 1. The average molecular weight is 219 g/mol. The molecule has 16 heavy (non-hydrogen) atoms. The van der Waals surface area contributed by atoms with Crippen molar-refractivity contribution >= 4 is 5.91 Å². The van der Waals surface area contributed by atoms with Gasteiger partial charge in [0, 0.05) is 25.0 Å². The van der Waals surface area contributed by atoms with Crippen LogP contribution in [0.5, 0.6) is 0 Å². The number of amides is 1. The summed E-state index contributed by atoms with van der Waals surface area (Å²) in [6.07, 6.45) is 6.20. The molecule has 1 heterocycles. The molecule has 4 heteroatoms. The first-order valence-electron chi connectivity index (χ1n) is 5.67. The molecule has 0 aromatic carbocycles. The van der Waals surface area contributed by atoms with Gasteiger partial charge in [-0.2, -0.15) is 0 Å². The zero-order chi connectivity index (χ0) is 11.4. The fraction of sp³-hybridized carbons (Fsp3) is 0.500. The first-order chi connectivity index (χ1) is 7.75. The molecule has 1 aliphatic rings. The van der Waals surface area contributed by atoms with Crippen LogP contribution in [0.15, 0.2) is 24.5 Å². The lowest BCUT2D eigenvalue weighted by Crippen LogP contribution is -2.39. The standard InChI is InChI=1S/C12H17N3O/c13-11(10-3-4-10)8-15-12(16)6-9-2-1-5-14-7-9/h1-2,5,7,10-11H,3-4,6,8,13H2,(H,15,16). The summed E-state index contributed by atoms with van der Waals surface area (Å²) in [6, 6.07) is 3.85. The van der Waals surface area contributed by atoms with Gasteiger partial charge in [-0.1, -0.05) is 6.07 Å². The van der Waals surface area contributed by atoms with Crippen LogP contribution in [-0.4, -0.2) is 23.5 Å². The molecule has 0 bridgehead atoms. The van der Waals surface area contributed by atoms with Crippen LogP contribution in [-0.2, 0) is 11.2 Å². The topological polar surface area (TPSA) is 68.0 Å². The van der Waals surface area contributed by atoms with E-state index >= 15 is 0 Å². The third kappa shape index (κ3) is 3.31. The number of pyridine rings is 1. The molecule has 1 atom stereocenters. The molecule has 1 aliphatic carbocycles. The van der Waals surface area contributed by atoms with Crippen molar-refractivity contribution in [3.05, 3.63) is 30.1 Å². The van der Waals surface area contributed by atoms with E-state index in [0.717, 1.165) is 5.56 Å². The number of hydrogen-bond acceptors (Lipinski definition) is 3. The summed E-state index contributed by atoms with van der Waals surface area (Å²) in [6.45, 7) is 0.587. The molecule has 1 fully saturated rings. The van der Waals surface area contributed by atoms with E-state index in [2.05, 4.69) is 10.3 Å². The lowest BCUT2D eigenvalue weighted by Gasteiger charge is -2.11. The van der Waals surface area contributed by atoms with Gasteiger partial charge in [-0.05, 0) is 30.4 Å². The van der Waals surface area contributed by atoms with Crippen LogP contribution in [0, 0.1) is 5.92 Å². The lowest BCUT2D eigenvalue weighted by molar-refractivity contribution is -0.120. The summed E-state index contributed by atoms with van der Waals surface area (Å²) < 4.78 is 0. The maximum absolute atomic E-state index is 11.6. The Morgan fingerprint density at radius 1 is 1.62 bits per heavy atom. The highest BCUT2D eigenvalue weighted by Gasteiger charge is 2.28. The normalized spacial score (nSPS) is 16.8. The molecule has 1 aromatic rings. The van der Waals surface area contributed by atoms with Crippen LogP contribution in [0.2, 0.25) is 0 Å². The number of aromatic nitrogens is 1. The minimum absolute atomic E-state index is 0.0177. The summed E-state index contributed by atoms with van der Waals surface area (Å²) in [5.41, 5.74) is 6.82. The van der Waals surface area contributed by atoms with Crippen molar-refractivity contribution in [2.24, 2.45) is 11.7 Å². The van der Waals surface area contributed by atoms with Crippen molar-refractivity contribution in [3.63, 3.8) is 0 Å². The minimum Gasteiger partial charge on any atom is -0.354 e. The van der Waals surface area contributed by atoms with Crippen molar-refractivity contribution in [2.45, 2.75) is 25.3 Å². The second-order valence-corrected chi connectivity index (χ2v) is 4.34. The van der Waals surface area contributed by atoms with Gasteiger partial charge in [0.05, 0.1) is 6.42 Å². The maximum atomic E-state index is 11.6. The van der Waals surface area contributed by atoms with Gasteiger partial charge in [-0.25, -0.2) is 0 Å². The van der Waals surface area contributed by atoms with Gasteiger partial charge in [-0.3, -0.25) is 9.78 Å². The van der Waals surface area contributed by atoms with E-state index < -0.39 is 0 Å². The van der Waals surface area contributed by atoms with Crippen molar-refractivity contribution < 1.29 is 4.79 Å². The monoisotopic (exact) mass is 219 g/mol. The molecule has 0 saturated heterocycles. The van der Waals surface area contributed by atoms with Gasteiger partial charge in [0.25, 0.3) is 0 Å². The highest BCUT2D eigenvalue weighted by atomic mass is 16.1. The second-order valence-electron chi connectivity index (χ2n) is 4.34. The molecule has 1 amide bonds. The summed E-state index contributed by atoms with van der Waals surface area (Å²) in [7, 11) is 0. The molecule has 0 spiro atoms. The van der Waals surface area contributed by atoms with Gasteiger partial charge in [0.2, 0.25) is 5.91 Å². The van der Waals surface area contributed by atoms with Crippen molar-refractivity contribution in [1.82, 2.24) is 10.3 Å². The largest absolute Gasteiger partial charge is 0.354 e. The third-order valence-corrected chi connectivity index (χ3v) is 2.85. The van der Waals surface area contributed by atoms with Crippen LogP contribution in [0.1, 0.15) is 18.4 Å². The van der Waals surface area contributed by atoms with Crippen LogP contribution < -0.4 is 11.1 Å². The Hall–Kier alpha value is -1.42. The molecule has 1 unspecified atom stereocenters. The second kappa shape index (κ2) is 5.07. The van der Waals surface area contributed by atoms with E-state index in [1.807, 2.05) is 12.1 Å². The molecule has 4 nitrogen and oxygen atoms in total. The van der Waals surface area contributed by atoms with Crippen molar-refractivity contribution in [2.75, 3.05) is 6.54 Å². The fourth-order valence-electron chi connectivity index (χ4n) is 1.67. The van der Waals surface area contributed by atoms with E-state index in [-0.39, 0.29) is 11.9 Å². The van der Waals surface area contributed by atoms with Gasteiger partial charge in [-0.15, -0.1) is 0 Å². The fourth-order valence-corrected chi connectivity index (χ4v) is 1.67. The third-order valence-electron chi connectivity index (χ3n) is 2.85. The first kappa shape index (κ1) is 11.1. The summed E-state index contributed by atoms with van der Waals surface area (Å²) in [4.78, 5) is 15.5. The molecular weight excluding hydrogens is 202 g/mol. The van der Waals surface area contributed by atoms with Crippen LogP contribution >= 0.6 is 0 Å². The molecule has 86 valence electrons. The number of hydrogen-bond donors (Lipinski definition) is 2. The molecule has 1 aromatic heterocycles. The summed E-state index contributed by atoms with van der Waals surface area (Å²) in [5, 5.41) is 2.86. The summed E-state index contributed by atoms with van der Waals surface area (Å²) in [5.74, 6) is 0.641. The Morgan fingerprint density at radius 3 is 3.06 bits per heavy atom. The van der Waals surface area contributed by atoms with E-state index in [1.165, 1.54) is 12.8 Å². The van der Waals surface area contributed by atoms with E-state index in [0.29, 0.717) is 18.9 Å². The quantitative estimate of drug-likeness (QED) is 0.756. The Morgan fingerprint density at radius 2 is 2.44 bits per heavy atom. The van der Waals surface area contributed by atoms with Crippen molar-refractivity contribution in [1.29, 1.82) is 0 Å². The van der Waals surface area contributed by atoms with Crippen LogP contribution in [0.3, 0.4) is 0 Å². The number of nitrogens with zero attached hydrogens (tertiary/aromatic N) is 1. The average Bonchev–Trinajstić information content (AvgIpc) is 3.11. The highest BCUT2D eigenvalue weighted by molar-refractivity contribution is 5.78. The Kier molecular flexibility index (Phi) is 3.51. The number of rotatable bonds is 5. The van der Waals surface area contributed by atoms with Gasteiger partial charge in [0.15, 0.2) is 0 Å². The van der Waals surface area contributed by atoms with Gasteiger partial charge >= 0.3 is 0 Å². The predicted octanol–water partition coefficient (Wildman–Crippen LogP) is 0.478. The molecule has 3 N–H and O–H groups in total. The first-order valence-corrected chi connectivity index (χ1v) is 5.67. The molecule has 1 saturated carbocycles. The predicted molar refractivity (Wildman–Crippen MR) is 61.7 cm³/mol. The number of nitrogens with one attached hydrogen (secondary N) is 1. The summed E-state index contributed by atoms with van der Waals surface area (Å²) >= 11 is 0. The number of carbonyl (C=O) groups excluding carboxylic acids is 1. The molecule has 2 rings (SSSR count). The van der Waals surface area contributed by atoms with E-state index in [1.54, 1.807) is 12.4 Å². The SMILES string of the molecule is NC(CNC(=O)Cc1cccnc1)C1CC1. The lowest BCUT2D eigenvalue weighted by atomic mass is 10.2. The Balaban J connectivity index is 1.72. The van der Waals surface area contributed by atoms with Crippen LogP contribution in [0.4, 0.5) is 0 Å². The zero-order valence-corrected chi connectivity index (χ0v) is 9.23. The van der Waals surface area contributed by atoms with E-state index in [4.69, 9.17) is 5.73 Å². The molecule has 0 aliphatic heterocycles. The Labute approximate surface area is 95.3 Å². The van der Waals surface area contributed by atoms with Gasteiger partial charge < -0.3 is 11.1 Å². The smallest absolute Gasteiger partial charge is 0.224 e. The zero-order valence-electron chi connectivity index (χ0n) is 9.23. The Bertz CT molecular complexity index is 349. The highest BCUT2D eigenvalue weighted by Crippen LogP contribution is 2.31. The number of carbonyl (C=O) groups is 1.